The summed E-state index contributed by atoms with van der Waals surface area (Å²) >= 11 is 0. The molecule has 0 radical (unpaired) electrons. The molecule has 0 aliphatic rings. The number of rotatable bonds is 9. The van der Waals surface area contributed by atoms with E-state index in [0.29, 0.717) is 0 Å². The fraction of sp³-hybridized carbons (Fsp3) is 0.692. The van der Waals surface area contributed by atoms with Crippen LogP contribution >= 0.6 is 0 Å². The molecule has 0 aromatic carbocycles. The molecule has 126 valence electrons. The summed E-state index contributed by atoms with van der Waals surface area (Å²) in [7, 11) is 2.13. The number of carbonyl (C=O) groups is 4. The first-order valence-electron chi connectivity index (χ1n) is 6.55. The minimum Gasteiger partial charge on any atom is -0.480 e. The Balaban J connectivity index is 5.19. The normalized spacial score (nSPS) is 13.1. The highest BCUT2D eigenvalue weighted by Crippen LogP contribution is 2.19. The molecule has 9 nitrogen and oxygen atoms in total. The Labute approximate surface area is 127 Å². The van der Waals surface area contributed by atoms with Crippen LogP contribution in [-0.2, 0) is 33.4 Å². The second-order valence-corrected chi connectivity index (χ2v) is 4.40. The van der Waals surface area contributed by atoms with Crippen molar-refractivity contribution in [3.63, 3.8) is 0 Å². The summed E-state index contributed by atoms with van der Waals surface area (Å²) < 4.78 is 13.8. The molecule has 0 rings (SSSR count). The van der Waals surface area contributed by atoms with Crippen LogP contribution in [0.2, 0.25) is 0 Å². The number of hydrogen-bond donors (Lipinski definition) is 2. The summed E-state index contributed by atoms with van der Waals surface area (Å²) in [6.45, 7) is 2.97. The van der Waals surface area contributed by atoms with Crippen molar-refractivity contribution in [2.45, 2.75) is 19.9 Å². The lowest BCUT2D eigenvalue weighted by Gasteiger charge is -2.25. The van der Waals surface area contributed by atoms with E-state index in [9.17, 15) is 24.3 Å². The largest absolute Gasteiger partial charge is 0.480 e. The van der Waals surface area contributed by atoms with Gasteiger partial charge in [-0.15, -0.1) is 0 Å². The van der Waals surface area contributed by atoms with Crippen molar-refractivity contribution in [3.05, 3.63) is 0 Å². The van der Waals surface area contributed by atoms with Gasteiger partial charge >= 0.3 is 17.9 Å². The van der Waals surface area contributed by atoms with Gasteiger partial charge in [-0.2, -0.15) is 0 Å². The second-order valence-electron chi connectivity index (χ2n) is 4.40. The van der Waals surface area contributed by atoms with Crippen molar-refractivity contribution in [2.24, 2.45) is 11.8 Å². The van der Waals surface area contributed by atoms with Gasteiger partial charge in [0.2, 0.25) is 5.91 Å². The van der Waals surface area contributed by atoms with Gasteiger partial charge in [-0.3, -0.25) is 14.4 Å². The molecule has 0 heterocycles. The predicted octanol–water partition coefficient (Wildman–Crippen LogP) is -0.809. The first-order valence-corrected chi connectivity index (χ1v) is 6.55. The molecule has 0 saturated heterocycles. The molecule has 2 N–H and O–H groups in total. The third-order valence-electron chi connectivity index (χ3n) is 2.98. The summed E-state index contributed by atoms with van der Waals surface area (Å²) in [6, 6.07) is -1.48. The maximum atomic E-state index is 11.7. The molecular formula is C13H21NO8. The number of nitrogens with one attached hydrogen (secondary N) is 1. The van der Waals surface area contributed by atoms with Crippen LogP contribution in [0.4, 0.5) is 0 Å². The summed E-state index contributed by atoms with van der Waals surface area (Å²) in [5.74, 6) is -6.49. The van der Waals surface area contributed by atoms with E-state index in [0.717, 1.165) is 14.2 Å². The molecule has 0 aromatic rings. The average molecular weight is 319 g/mol. The Bertz CT molecular complexity index is 406. The molecular weight excluding hydrogens is 298 g/mol. The summed E-state index contributed by atoms with van der Waals surface area (Å²) in [5.41, 5.74) is 0. The summed E-state index contributed by atoms with van der Waals surface area (Å²) in [4.78, 5) is 46.3. The third kappa shape index (κ3) is 5.68. The van der Waals surface area contributed by atoms with Gasteiger partial charge in [0.25, 0.3) is 0 Å². The van der Waals surface area contributed by atoms with E-state index in [2.05, 4.69) is 14.8 Å². The van der Waals surface area contributed by atoms with E-state index in [1.807, 2.05) is 0 Å². The van der Waals surface area contributed by atoms with Crippen molar-refractivity contribution in [1.29, 1.82) is 0 Å². The zero-order chi connectivity index (χ0) is 17.3. The lowest BCUT2D eigenvalue weighted by atomic mass is 9.87. The van der Waals surface area contributed by atoms with E-state index < -0.39 is 41.7 Å². The number of aliphatic carboxylic acids is 1. The van der Waals surface area contributed by atoms with Crippen molar-refractivity contribution in [2.75, 3.05) is 27.4 Å². The molecule has 0 spiro atoms. The van der Waals surface area contributed by atoms with Gasteiger partial charge in [-0.1, -0.05) is 6.92 Å². The Hall–Kier alpha value is -2.16. The number of carbonyl (C=O) groups excluding carboxylic acids is 3. The van der Waals surface area contributed by atoms with E-state index in [1.165, 1.54) is 6.92 Å². The number of methoxy groups -OCH3 is 2. The van der Waals surface area contributed by atoms with Gasteiger partial charge in [-0.25, -0.2) is 4.79 Å². The van der Waals surface area contributed by atoms with Gasteiger partial charge in [0.05, 0.1) is 14.2 Å². The summed E-state index contributed by atoms with van der Waals surface area (Å²) in [6.07, 6.45) is 0. The molecule has 0 aliphatic heterocycles. The van der Waals surface area contributed by atoms with Crippen LogP contribution in [0.3, 0.4) is 0 Å². The first-order chi connectivity index (χ1) is 10.3. The second kappa shape index (κ2) is 9.72. The van der Waals surface area contributed by atoms with E-state index in [1.54, 1.807) is 6.92 Å². The molecule has 0 bridgehead atoms. The van der Waals surface area contributed by atoms with Gasteiger partial charge < -0.3 is 24.6 Å². The van der Waals surface area contributed by atoms with Crippen LogP contribution in [0.15, 0.2) is 0 Å². The Morgan fingerprint density at radius 1 is 1.09 bits per heavy atom. The van der Waals surface area contributed by atoms with Gasteiger partial charge in [0.15, 0.2) is 5.92 Å². The fourth-order valence-corrected chi connectivity index (χ4v) is 1.80. The summed E-state index contributed by atoms with van der Waals surface area (Å²) in [5, 5.41) is 11.4. The van der Waals surface area contributed by atoms with Crippen molar-refractivity contribution >= 4 is 23.8 Å². The highest BCUT2D eigenvalue weighted by atomic mass is 16.5. The maximum absolute atomic E-state index is 11.7. The molecule has 22 heavy (non-hydrogen) atoms. The fourth-order valence-electron chi connectivity index (χ4n) is 1.80. The van der Waals surface area contributed by atoms with Gasteiger partial charge in [-0.05, 0) is 6.92 Å². The zero-order valence-corrected chi connectivity index (χ0v) is 13.0. The predicted molar refractivity (Wildman–Crippen MR) is 72.7 cm³/mol. The average Bonchev–Trinajstić information content (AvgIpc) is 2.49. The smallest absolute Gasteiger partial charge is 0.326 e. The standard InChI is InChI=1S/C13H21NO8/c1-5-22-6-8(15)14-10(11(16)17)7(2)9(12(18)20-3)13(19)21-4/h7,9-10H,5-6H2,1-4H3,(H,14,15)(H,16,17)/t7-,10-/m1/s1. The van der Waals surface area contributed by atoms with Crippen LogP contribution in [0.5, 0.6) is 0 Å². The number of ether oxygens (including phenoxy) is 3. The molecule has 0 aromatic heterocycles. The monoisotopic (exact) mass is 319 g/mol. The minimum absolute atomic E-state index is 0.285. The zero-order valence-electron chi connectivity index (χ0n) is 13.0. The van der Waals surface area contributed by atoms with E-state index in [-0.39, 0.29) is 13.2 Å². The molecule has 0 saturated carbocycles. The Kier molecular flexibility index (Phi) is 8.76. The SMILES string of the molecule is CCOCC(=O)N[C@@H](C(=O)O)[C@H](C)C(C(=O)OC)C(=O)OC. The highest BCUT2D eigenvalue weighted by molar-refractivity contribution is 5.96. The highest BCUT2D eigenvalue weighted by Gasteiger charge is 2.41. The first kappa shape index (κ1) is 19.8. The molecule has 1 amide bonds. The van der Waals surface area contributed by atoms with Crippen LogP contribution in [-0.4, -0.2) is 62.4 Å². The lowest BCUT2D eigenvalue weighted by Crippen LogP contribution is -2.51. The van der Waals surface area contributed by atoms with Gasteiger partial charge in [0, 0.05) is 12.5 Å². The van der Waals surface area contributed by atoms with Gasteiger partial charge in [0.1, 0.15) is 12.6 Å². The van der Waals surface area contributed by atoms with Crippen LogP contribution in [0, 0.1) is 11.8 Å². The number of carboxylic acid groups (broad SMARTS) is 1. The minimum atomic E-state index is -1.48. The number of hydrogen-bond acceptors (Lipinski definition) is 7. The third-order valence-corrected chi connectivity index (χ3v) is 2.98. The Morgan fingerprint density at radius 3 is 1.95 bits per heavy atom. The van der Waals surface area contributed by atoms with Crippen molar-refractivity contribution < 1.29 is 38.5 Å². The van der Waals surface area contributed by atoms with Crippen LogP contribution < -0.4 is 5.32 Å². The maximum Gasteiger partial charge on any atom is 0.326 e. The molecule has 0 aliphatic carbocycles. The molecule has 9 heteroatoms. The number of amides is 1. The van der Waals surface area contributed by atoms with E-state index in [4.69, 9.17) is 4.74 Å². The van der Waals surface area contributed by atoms with Crippen molar-refractivity contribution in [3.8, 4) is 0 Å². The van der Waals surface area contributed by atoms with Crippen molar-refractivity contribution in [1.82, 2.24) is 5.32 Å². The van der Waals surface area contributed by atoms with Crippen LogP contribution in [0.1, 0.15) is 13.8 Å². The molecule has 0 fully saturated rings. The quantitative estimate of drug-likeness (QED) is 0.417. The Morgan fingerprint density at radius 2 is 1.59 bits per heavy atom. The number of esters is 2. The van der Waals surface area contributed by atoms with E-state index >= 15 is 0 Å². The topological polar surface area (TPSA) is 128 Å². The molecule has 2 atom stereocenters. The number of carboxylic acids is 1. The molecule has 0 unspecified atom stereocenters. The van der Waals surface area contributed by atoms with Crippen LogP contribution in [0.25, 0.3) is 0 Å². The lowest BCUT2D eigenvalue weighted by molar-refractivity contribution is -0.163.